The smallest absolute Gasteiger partial charge is 0.222 e. The average molecular weight is 321 g/mol. The number of nitrogens with zero attached hydrogens (tertiary/aromatic N) is 2. The molecule has 0 bridgehead atoms. The molecule has 0 saturated heterocycles. The lowest BCUT2D eigenvalue weighted by atomic mass is 9.75. The van der Waals surface area contributed by atoms with Gasteiger partial charge in [-0.2, -0.15) is 0 Å². The van der Waals surface area contributed by atoms with Gasteiger partial charge in [-0.15, -0.1) is 0 Å². The van der Waals surface area contributed by atoms with Crippen LogP contribution in [0.1, 0.15) is 44.2 Å². The Morgan fingerprint density at radius 3 is 2.46 bits per heavy atom. The second-order valence-corrected chi connectivity index (χ2v) is 6.79. The Morgan fingerprint density at radius 1 is 1.12 bits per heavy atom. The van der Waals surface area contributed by atoms with Gasteiger partial charge in [-0.05, 0) is 44.2 Å². The molecule has 1 aliphatic rings. The average Bonchev–Trinajstić information content (AvgIpc) is 2.59. The maximum Gasteiger partial charge on any atom is 0.222 e. The first-order chi connectivity index (χ1) is 11.5. The van der Waals surface area contributed by atoms with Gasteiger partial charge in [0.05, 0.1) is 11.2 Å². The van der Waals surface area contributed by atoms with Crippen molar-refractivity contribution in [3.05, 3.63) is 53.9 Å². The fraction of sp³-hybridized carbons (Fsp3) is 0.400. The lowest BCUT2D eigenvalue weighted by Gasteiger charge is -2.39. The van der Waals surface area contributed by atoms with Crippen LogP contribution < -0.4 is 5.32 Å². The number of hydrogen-bond donors (Lipinski definition) is 2. The molecule has 1 saturated carbocycles. The zero-order valence-corrected chi connectivity index (χ0v) is 14.2. The van der Waals surface area contributed by atoms with Crippen molar-refractivity contribution < 1.29 is 5.11 Å². The van der Waals surface area contributed by atoms with E-state index < -0.39 is 5.60 Å². The van der Waals surface area contributed by atoms with Crippen molar-refractivity contribution in [2.75, 3.05) is 5.32 Å². The van der Waals surface area contributed by atoms with Crippen LogP contribution in [-0.2, 0) is 0 Å². The molecular formula is C20H23N3O. The molecular weight excluding hydrogens is 298 g/mol. The molecule has 1 aliphatic carbocycles. The van der Waals surface area contributed by atoms with Crippen LogP contribution in [0.25, 0.3) is 0 Å². The molecule has 4 nitrogen and oxygen atoms in total. The number of nitrogens with one attached hydrogen (secondary N) is 1. The van der Waals surface area contributed by atoms with Crippen molar-refractivity contribution in [3.63, 3.8) is 0 Å². The number of aromatic nitrogens is 2. The third-order valence-corrected chi connectivity index (χ3v) is 4.81. The van der Waals surface area contributed by atoms with Crippen LogP contribution in [0.3, 0.4) is 0 Å². The Balaban J connectivity index is 1.60. The molecule has 0 spiro atoms. The van der Waals surface area contributed by atoms with E-state index in [1.807, 2.05) is 37.3 Å². The molecule has 2 aromatic rings. The van der Waals surface area contributed by atoms with E-state index in [0.29, 0.717) is 12.0 Å². The molecule has 24 heavy (non-hydrogen) atoms. The number of anilines is 1. The van der Waals surface area contributed by atoms with Gasteiger partial charge in [0.2, 0.25) is 5.95 Å². The predicted octanol–water partition coefficient (Wildman–Crippen LogP) is 3.23. The molecule has 4 heteroatoms. The summed E-state index contributed by atoms with van der Waals surface area (Å²) >= 11 is 0. The maximum atomic E-state index is 10.2. The van der Waals surface area contributed by atoms with E-state index in [2.05, 4.69) is 34.0 Å². The zero-order chi connectivity index (χ0) is 17.0. The lowest BCUT2D eigenvalue weighted by Crippen LogP contribution is -2.42. The Hall–Kier alpha value is -2.38. The van der Waals surface area contributed by atoms with Gasteiger partial charge in [0.15, 0.2) is 0 Å². The lowest BCUT2D eigenvalue weighted by molar-refractivity contribution is -0.0269. The highest BCUT2D eigenvalue weighted by molar-refractivity contribution is 5.42. The highest BCUT2D eigenvalue weighted by atomic mass is 16.3. The number of aliphatic hydroxyl groups is 1. The first kappa shape index (κ1) is 16.5. The van der Waals surface area contributed by atoms with Crippen LogP contribution >= 0.6 is 0 Å². The Morgan fingerprint density at radius 2 is 1.79 bits per heavy atom. The summed E-state index contributed by atoms with van der Waals surface area (Å²) in [6.07, 6.45) is 6.13. The second-order valence-electron chi connectivity index (χ2n) is 6.79. The topological polar surface area (TPSA) is 58.0 Å². The quantitative estimate of drug-likeness (QED) is 0.834. The monoisotopic (exact) mass is 321 g/mol. The van der Waals surface area contributed by atoms with Crippen molar-refractivity contribution >= 4 is 5.95 Å². The van der Waals surface area contributed by atoms with E-state index in [1.165, 1.54) is 0 Å². The maximum absolute atomic E-state index is 10.2. The van der Waals surface area contributed by atoms with Gasteiger partial charge in [0.25, 0.3) is 0 Å². The van der Waals surface area contributed by atoms with Crippen LogP contribution in [0, 0.1) is 17.8 Å². The Bertz CT molecular complexity index is 729. The molecule has 1 aromatic carbocycles. The SMILES string of the molecule is CC1CC(Nc2ncc(C#Cc3ccccc3)cn2)CCC1(C)O. The first-order valence-electron chi connectivity index (χ1n) is 8.41. The van der Waals surface area contributed by atoms with Crippen molar-refractivity contribution in [2.24, 2.45) is 5.92 Å². The summed E-state index contributed by atoms with van der Waals surface area (Å²) in [6, 6.07) is 10.2. The molecule has 3 atom stereocenters. The van der Waals surface area contributed by atoms with Crippen LogP contribution in [0.4, 0.5) is 5.95 Å². The summed E-state index contributed by atoms with van der Waals surface area (Å²) < 4.78 is 0. The normalized spacial score (nSPS) is 26.3. The summed E-state index contributed by atoms with van der Waals surface area (Å²) in [4.78, 5) is 8.72. The number of rotatable bonds is 2. The minimum Gasteiger partial charge on any atom is -0.390 e. The molecule has 0 aliphatic heterocycles. The van der Waals surface area contributed by atoms with E-state index in [1.54, 1.807) is 12.4 Å². The van der Waals surface area contributed by atoms with Gasteiger partial charge in [-0.1, -0.05) is 37.0 Å². The van der Waals surface area contributed by atoms with Crippen molar-refractivity contribution in [2.45, 2.75) is 44.8 Å². The zero-order valence-electron chi connectivity index (χ0n) is 14.2. The van der Waals surface area contributed by atoms with Gasteiger partial charge < -0.3 is 10.4 Å². The van der Waals surface area contributed by atoms with Crippen molar-refractivity contribution in [1.29, 1.82) is 0 Å². The highest BCUT2D eigenvalue weighted by Gasteiger charge is 2.35. The minimum absolute atomic E-state index is 0.264. The van der Waals surface area contributed by atoms with E-state index in [4.69, 9.17) is 0 Å². The summed E-state index contributed by atoms with van der Waals surface area (Å²) in [5.41, 5.74) is 1.21. The van der Waals surface area contributed by atoms with E-state index >= 15 is 0 Å². The van der Waals surface area contributed by atoms with Gasteiger partial charge in [0, 0.05) is 24.0 Å². The Labute approximate surface area is 143 Å². The Kier molecular flexibility index (Phi) is 4.82. The molecule has 124 valence electrons. The van der Waals surface area contributed by atoms with Gasteiger partial charge in [-0.3, -0.25) is 0 Å². The number of hydrogen-bond acceptors (Lipinski definition) is 4. The molecule has 0 amide bonds. The molecule has 1 aromatic heterocycles. The van der Waals surface area contributed by atoms with E-state index in [-0.39, 0.29) is 5.92 Å². The largest absolute Gasteiger partial charge is 0.390 e. The van der Waals surface area contributed by atoms with E-state index in [9.17, 15) is 5.11 Å². The van der Waals surface area contributed by atoms with Crippen LogP contribution in [0.5, 0.6) is 0 Å². The fourth-order valence-electron chi connectivity index (χ4n) is 2.96. The standard InChI is InChI=1S/C20H23N3O/c1-15-12-18(10-11-20(15,2)24)23-19-21-13-17(14-22-19)9-8-16-6-4-3-5-7-16/h3-7,13-15,18,24H,10-12H2,1-2H3,(H,21,22,23). The molecule has 1 fully saturated rings. The third-order valence-electron chi connectivity index (χ3n) is 4.81. The minimum atomic E-state index is -0.560. The summed E-state index contributed by atoms with van der Waals surface area (Å²) in [5, 5.41) is 13.6. The summed E-state index contributed by atoms with van der Waals surface area (Å²) in [6.45, 7) is 4.02. The number of benzene rings is 1. The first-order valence-corrected chi connectivity index (χ1v) is 8.41. The second kappa shape index (κ2) is 7.02. The van der Waals surface area contributed by atoms with Gasteiger partial charge in [0.1, 0.15) is 0 Å². The fourth-order valence-corrected chi connectivity index (χ4v) is 2.96. The van der Waals surface area contributed by atoms with Gasteiger partial charge >= 0.3 is 0 Å². The van der Waals surface area contributed by atoms with Gasteiger partial charge in [-0.25, -0.2) is 9.97 Å². The predicted molar refractivity (Wildman–Crippen MR) is 95.5 cm³/mol. The van der Waals surface area contributed by atoms with Crippen LogP contribution in [-0.4, -0.2) is 26.7 Å². The highest BCUT2D eigenvalue weighted by Crippen LogP contribution is 2.34. The van der Waals surface area contributed by atoms with E-state index in [0.717, 1.165) is 30.4 Å². The summed E-state index contributed by atoms with van der Waals surface area (Å²) in [5.74, 6) is 7.06. The molecule has 3 rings (SSSR count). The van der Waals surface area contributed by atoms with Crippen molar-refractivity contribution in [1.82, 2.24) is 9.97 Å². The van der Waals surface area contributed by atoms with Crippen LogP contribution in [0.15, 0.2) is 42.7 Å². The summed E-state index contributed by atoms with van der Waals surface area (Å²) in [7, 11) is 0. The van der Waals surface area contributed by atoms with Crippen LogP contribution in [0.2, 0.25) is 0 Å². The third kappa shape index (κ3) is 4.12. The molecule has 3 unspecified atom stereocenters. The molecule has 2 N–H and O–H groups in total. The molecule has 0 radical (unpaired) electrons. The molecule has 1 heterocycles. The van der Waals surface area contributed by atoms with Crippen molar-refractivity contribution in [3.8, 4) is 11.8 Å².